The minimum Gasteiger partial charge on any atom is -0.494 e. The second kappa shape index (κ2) is 7.50. The van der Waals surface area contributed by atoms with E-state index in [4.69, 9.17) is 15.2 Å². The zero-order chi connectivity index (χ0) is 14.2. The topological polar surface area (TPSA) is 44.5 Å². The van der Waals surface area contributed by atoms with Gasteiger partial charge in [-0.1, -0.05) is 18.2 Å². The molecule has 0 amide bonds. The summed E-state index contributed by atoms with van der Waals surface area (Å²) in [6.07, 6.45) is 0.749. The van der Waals surface area contributed by atoms with Crippen LogP contribution in [-0.4, -0.2) is 13.2 Å². The van der Waals surface area contributed by atoms with Crippen molar-refractivity contribution in [2.24, 2.45) is 0 Å². The monoisotopic (exact) mass is 275 g/mol. The van der Waals surface area contributed by atoms with Crippen LogP contribution in [0.5, 0.6) is 5.75 Å². The molecule has 0 spiro atoms. The molecule has 0 unspecified atom stereocenters. The van der Waals surface area contributed by atoms with Crippen LogP contribution < -0.4 is 10.5 Å². The van der Waals surface area contributed by atoms with E-state index in [-0.39, 0.29) is 12.4 Å². The maximum Gasteiger partial charge on any atom is 0.128 e. The number of anilines is 1. The summed E-state index contributed by atoms with van der Waals surface area (Å²) in [6.45, 7) is 1.37. The van der Waals surface area contributed by atoms with E-state index in [1.807, 2.05) is 12.1 Å². The molecule has 0 radical (unpaired) electrons. The highest BCUT2D eigenvalue weighted by Gasteiger charge is 2.00. The molecule has 0 atom stereocenters. The molecule has 0 aliphatic rings. The van der Waals surface area contributed by atoms with Crippen LogP contribution in [0.2, 0.25) is 0 Å². The molecule has 20 heavy (non-hydrogen) atoms. The van der Waals surface area contributed by atoms with Gasteiger partial charge in [0.1, 0.15) is 11.6 Å². The Bertz CT molecular complexity index is 528. The van der Waals surface area contributed by atoms with Crippen LogP contribution in [0.3, 0.4) is 0 Å². The van der Waals surface area contributed by atoms with E-state index in [1.165, 1.54) is 6.07 Å². The number of benzene rings is 2. The van der Waals surface area contributed by atoms with Crippen LogP contribution >= 0.6 is 0 Å². The highest BCUT2D eigenvalue weighted by Crippen LogP contribution is 2.13. The Morgan fingerprint density at radius 1 is 0.950 bits per heavy atom. The molecule has 0 heterocycles. The van der Waals surface area contributed by atoms with Crippen LogP contribution in [0.1, 0.15) is 12.0 Å². The largest absolute Gasteiger partial charge is 0.494 e. The third-order valence-electron chi connectivity index (χ3n) is 2.80. The van der Waals surface area contributed by atoms with E-state index in [0.717, 1.165) is 12.2 Å². The average Bonchev–Trinajstić information content (AvgIpc) is 2.46. The van der Waals surface area contributed by atoms with Gasteiger partial charge in [-0.2, -0.15) is 0 Å². The van der Waals surface area contributed by atoms with E-state index in [2.05, 4.69) is 0 Å². The van der Waals surface area contributed by atoms with Crippen molar-refractivity contribution in [3.8, 4) is 5.75 Å². The van der Waals surface area contributed by atoms with Crippen molar-refractivity contribution >= 4 is 5.69 Å². The first kappa shape index (κ1) is 14.3. The highest BCUT2D eigenvalue weighted by molar-refractivity contribution is 5.41. The van der Waals surface area contributed by atoms with Crippen molar-refractivity contribution in [1.82, 2.24) is 0 Å². The molecule has 2 aromatic rings. The Morgan fingerprint density at radius 3 is 2.45 bits per heavy atom. The van der Waals surface area contributed by atoms with Gasteiger partial charge in [-0.25, -0.2) is 4.39 Å². The number of hydrogen-bond donors (Lipinski definition) is 1. The predicted molar refractivity (Wildman–Crippen MR) is 77.0 cm³/mol. The lowest BCUT2D eigenvalue weighted by Gasteiger charge is -2.07. The fourth-order valence-electron chi connectivity index (χ4n) is 1.71. The Labute approximate surface area is 118 Å². The Balaban J connectivity index is 1.60. The quantitative estimate of drug-likeness (QED) is 0.622. The summed E-state index contributed by atoms with van der Waals surface area (Å²) in [7, 11) is 0. The molecule has 0 fully saturated rings. The molecule has 4 heteroatoms. The zero-order valence-corrected chi connectivity index (χ0v) is 11.2. The van der Waals surface area contributed by atoms with Crippen molar-refractivity contribution in [1.29, 1.82) is 0 Å². The standard InChI is InChI=1S/C16H18FNO2/c17-16-5-2-1-4-13(16)12-19-10-3-11-20-15-8-6-14(18)7-9-15/h1-2,4-9H,3,10-12,18H2. The summed E-state index contributed by atoms with van der Waals surface area (Å²) >= 11 is 0. The molecule has 0 saturated heterocycles. The van der Waals surface area contributed by atoms with Crippen LogP contribution in [0.25, 0.3) is 0 Å². The summed E-state index contributed by atoms with van der Waals surface area (Å²) in [5, 5.41) is 0. The lowest BCUT2D eigenvalue weighted by molar-refractivity contribution is 0.105. The number of rotatable bonds is 7. The summed E-state index contributed by atoms with van der Waals surface area (Å²) in [6, 6.07) is 13.9. The first-order valence-corrected chi connectivity index (χ1v) is 6.55. The molecule has 0 aliphatic carbocycles. The molecule has 2 N–H and O–H groups in total. The third kappa shape index (κ3) is 4.55. The molecule has 2 aromatic carbocycles. The molecule has 2 rings (SSSR count). The molecule has 3 nitrogen and oxygen atoms in total. The molecular formula is C16H18FNO2. The number of nitrogen functional groups attached to an aromatic ring is 1. The number of nitrogens with two attached hydrogens (primary N) is 1. The number of halogens is 1. The van der Waals surface area contributed by atoms with E-state index >= 15 is 0 Å². The van der Waals surface area contributed by atoms with Crippen LogP contribution in [0.4, 0.5) is 10.1 Å². The van der Waals surface area contributed by atoms with Gasteiger partial charge in [-0.05, 0) is 30.3 Å². The second-order valence-corrected chi connectivity index (χ2v) is 4.42. The Kier molecular flexibility index (Phi) is 5.38. The van der Waals surface area contributed by atoms with Gasteiger partial charge in [0.15, 0.2) is 0 Å². The second-order valence-electron chi connectivity index (χ2n) is 4.42. The van der Waals surface area contributed by atoms with Crippen LogP contribution in [0, 0.1) is 5.82 Å². The smallest absolute Gasteiger partial charge is 0.128 e. The van der Waals surface area contributed by atoms with Crippen LogP contribution in [-0.2, 0) is 11.3 Å². The van der Waals surface area contributed by atoms with Gasteiger partial charge in [-0.15, -0.1) is 0 Å². The summed E-state index contributed by atoms with van der Waals surface area (Å²) in [5.74, 6) is 0.555. The Morgan fingerprint density at radius 2 is 1.70 bits per heavy atom. The SMILES string of the molecule is Nc1ccc(OCCCOCc2ccccc2F)cc1. The van der Waals surface area contributed by atoms with E-state index in [0.29, 0.717) is 24.5 Å². The van der Waals surface area contributed by atoms with Crippen LogP contribution in [0.15, 0.2) is 48.5 Å². The van der Waals surface area contributed by atoms with Crippen molar-refractivity contribution in [2.45, 2.75) is 13.0 Å². The molecule has 0 aromatic heterocycles. The maximum atomic E-state index is 13.3. The van der Waals surface area contributed by atoms with Gasteiger partial charge in [0.25, 0.3) is 0 Å². The average molecular weight is 275 g/mol. The molecular weight excluding hydrogens is 257 g/mol. The van der Waals surface area contributed by atoms with Gasteiger partial charge in [0.2, 0.25) is 0 Å². The third-order valence-corrected chi connectivity index (χ3v) is 2.80. The van der Waals surface area contributed by atoms with Gasteiger partial charge >= 0.3 is 0 Å². The van der Waals surface area contributed by atoms with Crippen molar-refractivity contribution in [3.63, 3.8) is 0 Å². The zero-order valence-electron chi connectivity index (χ0n) is 11.2. The van der Waals surface area contributed by atoms with Crippen molar-refractivity contribution < 1.29 is 13.9 Å². The van der Waals surface area contributed by atoms with Gasteiger partial charge < -0.3 is 15.2 Å². The number of ether oxygens (including phenoxy) is 2. The molecule has 106 valence electrons. The van der Waals surface area contributed by atoms with Gasteiger partial charge in [0, 0.05) is 17.7 Å². The fraction of sp³-hybridized carbons (Fsp3) is 0.250. The van der Waals surface area contributed by atoms with Crippen molar-refractivity contribution in [2.75, 3.05) is 18.9 Å². The maximum absolute atomic E-state index is 13.3. The van der Waals surface area contributed by atoms with E-state index in [1.54, 1.807) is 30.3 Å². The number of hydrogen-bond acceptors (Lipinski definition) is 3. The highest BCUT2D eigenvalue weighted by atomic mass is 19.1. The predicted octanol–water partition coefficient (Wildman–Crippen LogP) is 3.39. The van der Waals surface area contributed by atoms with E-state index < -0.39 is 0 Å². The molecule has 0 aliphatic heterocycles. The molecule has 0 bridgehead atoms. The lowest BCUT2D eigenvalue weighted by atomic mass is 10.2. The molecule has 0 saturated carbocycles. The minimum atomic E-state index is -0.231. The van der Waals surface area contributed by atoms with Gasteiger partial charge in [-0.3, -0.25) is 0 Å². The summed E-state index contributed by atoms with van der Waals surface area (Å²) in [5.41, 5.74) is 6.87. The summed E-state index contributed by atoms with van der Waals surface area (Å²) in [4.78, 5) is 0. The minimum absolute atomic E-state index is 0.231. The first-order chi connectivity index (χ1) is 9.75. The van der Waals surface area contributed by atoms with Crippen molar-refractivity contribution in [3.05, 3.63) is 59.9 Å². The fourth-order valence-corrected chi connectivity index (χ4v) is 1.71. The normalized spacial score (nSPS) is 10.4. The lowest BCUT2D eigenvalue weighted by Crippen LogP contribution is -2.04. The summed E-state index contributed by atoms with van der Waals surface area (Å²) < 4.78 is 24.2. The van der Waals surface area contributed by atoms with E-state index in [9.17, 15) is 4.39 Å². The van der Waals surface area contributed by atoms with Gasteiger partial charge in [0.05, 0.1) is 19.8 Å². The Hall–Kier alpha value is -2.07. The first-order valence-electron chi connectivity index (χ1n) is 6.55.